The van der Waals surface area contributed by atoms with Crippen LogP contribution in [0.25, 0.3) is 22.6 Å². The minimum absolute atomic E-state index is 0.465. The summed E-state index contributed by atoms with van der Waals surface area (Å²) in [6.45, 7) is 2.01. The second-order valence-electron chi connectivity index (χ2n) is 6.09. The molecular formula is C21H13Cl3N2O. The van der Waals surface area contributed by atoms with E-state index in [0.717, 1.165) is 27.9 Å². The topological polar surface area (TPSA) is 38.4 Å². The molecular weight excluding hydrogens is 403 g/mol. The van der Waals surface area contributed by atoms with Gasteiger partial charge in [-0.05, 0) is 60.5 Å². The Hall–Kier alpha value is -2.33. The number of hydrogen-bond acceptors (Lipinski definition) is 3. The zero-order chi connectivity index (χ0) is 19.0. The molecule has 3 aromatic carbocycles. The first-order valence-electron chi connectivity index (χ1n) is 8.16. The van der Waals surface area contributed by atoms with Gasteiger partial charge in [-0.3, -0.25) is 4.99 Å². The fourth-order valence-corrected chi connectivity index (χ4v) is 3.15. The normalized spacial score (nSPS) is 11.6. The molecule has 0 aliphatic rings. The number of halogens is 3. The third kappa shape index (κ3) is 3.86. The van der Waals surface area contributed by atoms with E-state index in [-0.39, 0.29) is 0 Å². The standard InChI is InChI=1S/C21H13Cl3N2O/c1-12-2-7-19-20(8-12)27-21(26-19)15-10-14(4-6-16(15)22)25-11-13-3-5-17(23)18(24)9-13/h2-11H,1H3. The number of nitrogens with zero attached hydrogens (tertiary/aromatic N) is 2. The Bertz CT molecular complexity index is 1180. The van der Waals surface area contributed by atoms with E-state index >= 15 is 0 Å². The lowest BCUT2D eigenvalue weighted by Crippen LogP contribution is -1.82. The average Bonchev–Trinajstić information content (AvgIpc) is 3.06. The van der Waals surface area contributed by atoms with Gasteiger partial charge in [-0.1, -0.05) is 46.9 Å². The van der Waals surface area contributed by atoms with E-state index in [1.807, 2.05) is 43.3 Å². The van der Waals surface area contributed by atoms with Crippen LogP contribution in [0, 0.1) is 6.92 Å². The van der Waals surface area contributed by atoms with Crippen molar-refractivity contribution in [2.75, 3.05) is 0 Å². The predicted octanol–water partition coefficient (Wildman–Crippen LogP) is 7.51. The van der Waals surface area contributed by atoms with Crippen LogP contribution < -0.4 is 0 Å². The quantitative estimate of drug-likeness (QED) is 0.325. The van der Waals surface area contributed by atoms with Crippen molar-refractivity contribution in [3.8, 4) is 11.5 Å². The number of fused-ring (bicyclic) bond motifs is 1. The first-order valence-corrected chi connectivity index (χ1v) is 9.29. The summed E-state index contributed by atoms with van der Waals surface area (Å²) >= 11 is 18.3. The molecule has 0 aliphatic carbocycles. The third-order valence-electron chi connectivity index (χ3n) is 4.03. The molecule has 0 N–H and O–H groups in total. The largest absolute Gasteiger partial charge is 0.436 e. The maximum absolute atomic E-state index is 6.36. The van der Waals surface area contributed by atoms with E-state index in [2.05, 4.69) is 9.98 Å². The average molecular weight is 416 g/mol. The first-order chi connectivity index (χ1) is 13.0. The molecule has 134 valence electrons. The van der Waals surface area contributed by atoms with E-state index in [4.69, 9.17) is 39.2 Å². The lowest BCUT2D eigenvalue weighted by molar-refractivity contribution is 0.619. The molecule has 0 saturated carbocycles. The highest BCUT2D eigenvalue weighted by Crippen LogP contribution is 2.33. The number of rotatable bonds is 3. The highest BCUT2D eigenvalue weighted by molar-refractivity contribution is 6.42. The number of benzene rings is 3. The lowest BCUT2D eigenvalue weighted by Gasteiger charge is -2.02. The molecule has 4 aromatic rings. The van der Waals surface area contributed by atoms with Gasteiger partial charge in [0, 0.05) is 6.21 Å². The molecule has 0 fully saturated rings. The molecule has 1 aromatic heterocycles. The van der Waals surface area contributed by atoms with E-state index in [9.17, 15) is 0 Å². The van der Waals surface area contributed by atoms with Gasteiger partial charge in [0.15, 0.2) is 5.58 Å². The molecule has 0 aliphatic heterocycles. The van der Waals surface area contributed by atoms with E-state index in [1.165, 1.54) is 0 Å². The molecule has 6 heteroatoms. The van der Waals surface area contributed by atoms with Crippen LogP contribution in [-0.4, -0.2) is 11.2 Å². The summed E-state index contributed by atoms with van der Waals surface area (Å²) in [5.74, 6) is 0.465. The van der Waals surface area contributed by atoms with Gasteiger partial charge in [0.25, 0.3) is 0 Å². The molecule has 0 spiro atoms. The van der Waals surface area contributed by atoms with E-state index < -0.39 is 0 Å². The zero-order valence-electron chi connectivity index (χ0n) is 14.2. The van der Waals surface area contributed by atoms with Crippen molar-refractivity contribution in [3.05, 3.63) is 80.8 Å². The van der Waals surface area contributed by atoms with Gasteiger partial charge in [0.2, 0.25) is 5.89 Å². The molecule has 0 unspecified atom stereocenters. The maximum atomic E-state index is 6.36. The summed E-state index contributed by atoms with van der Waals surface area (Å²) in [4.78, 5) is 9.02. The summed E-state index contributed by atoms with van der Waals surface area (Å²) < 4.78 is 5.88. The summed E-state index contributed by atoms with van der Waals surface area (Å²) in [6, 6.07) is 16.7. The lowest BCUT2D eigenvalue weighted by atomic mass is 10.2. The smallest absolute Gasteiger partial charge is 0.228 e. The molecule has 0 amide bonds. The number of aryl methyl sites for hydroxylation is 1. The van der Waals surface area contributed by atoms with Crippen LogP contribution >= 0.6 is 34.8 Å². The highest BCUT2D eigenvalue weighted by Gasteiger charge is 2.12. The van der Waals surface area contributed by atoms with Crippen molar-refractivity contribution in [1.29, 1.82) is 0 Å². The molecule has 27 heavy (non-hydrogen) atoms. The van der Waals surface area contributed by atoms with Crippen LogP contribution in [0.5, 0.6) is 0 Å². The van der Waals surface area contributed by atoms with Gasteiger partial charge >= 0.3 is 0 Å². The monoisotopic (exact) mass is 414 g/mol. The summed E-state index contributed by atoms with van der Waals surface area (Å²) in [7, 11) is 0. The summed E-state index contributed by atoms with van der Waals surface area (Å²) in [5.41, 5.74) is 4.88. The van der Waals surface area contributed by atoms with Crippen LogP contribution in [-0.2, 0) is 0 Å². The van der Waals surface area contributed by atoms with Crippen molar-refractivity contribution >= 4 is 57.8 Å². The molecule has 4 rings (SSSR count). The number of hydrogen-bond donors (Lipinski definition) is 0. The molecule has 0 bridgehead atoms. The van der Waals surface area contributed by atoms with Gasteiger partial charge in [-0.2, -0.15) is 0 Å². The van der Waals surface area contributed by atoms with Crippen molar-refractivity contribution in [2.45, 2.75) is 6.92 Å². The van der Waals surface area contributed by atoms with Gasteiger partial charge in [-0.25, -0.2) is 4.98 Å². The van der Waals surface area contributed by atoms with Crippen molar-refractivity contribution in [1.82, 2.24) is 4.98 Å². The number of aromatic nitrogens is 1. The number of oxazole rings is 1. The summed E-state index contributed by atoms with van der Waals surface area (Å²) in [5, 5.41) is 1.54. The van der Waals surface area contributed by atoms with Crippen LogP contribution in [0.4, 0.5) is 5.69 Å². The Morgan fingerprint density at radius 1 is 0.889 bits per heavy atom. The highest BCUT2D eigenvalue weighted by atomic mass is 35.5. The van der Waals surface area contributed by atoms with E-state index in [0.29, 0.717) is 26.5 Å². The number of aliphatic imine (C=N–C) groups is 1. The van der Waals surface area contributed by atoms with Gasteiger partial charge in [0.05, 0.1) is 26.3 Å². The van der Waals surface area contributed by atoms with Crippen molar-refractivity contribution in [3.63, 3.8) is 0 Å². The molecule has 3 nitrogen and oxygen atoms in total. The second-order valence-corrected chi connectivity index (χ2v) is 7.31. The Balaban J connectivity index is 1.70. The minimum Gasteiger partial charge on any atom is -0.436 e. The Morgan fingerprint density at radius 3 is 2.52 bits per heavy atom. The van der Waals surface area contributed by atoms with Crippen LogP contribution in [0.2, 0.25) is 15.1 Å². The van der Waals surface area contributed by atoms with Gasteiger partial charge < -0.3 is 4.42 Å². The molecule has 0 atom stereocenters. The van der Waals surface area contributed by atoms with Crippen molar-refractivity contribution in [2.24, 2.45) is 4.99 Å². The maximum Gasteiger partial charge on any atom is 0.228 e. The third-order valence-corrected chi connectivity index (χ3v) is 5.10. The zero-order valence-corrected chi connectivity index (χ0v) is 16.5. The van der Waals surface area contributed by atoms with Crippen LogP contribution in [0.15, 0.2) is 64.0 Å². The molecule has 0 radical (unpaired) electrons. The minimum atomic E-state index is 0.465. The van der Waals surface area contributed by atoms with Gasteiger partial charge in [-0.15, -0.1) is 0 Å². The fourth-order valence-electron chi connectivity index (χ4n) is 2.65. The Morgan fingerprint density at radius 2 is 1.70 bits per heavy atom. The first kappa shape index (κ1) is 18.1. The van der Waals surface area contributed by atoms with Crippen LogP contribution in [0.3, 0.4) is 0 Å². The molecule has 1 heterocycles. The van der Waals surface area contributed by atoms with Crippen molar-refractivity contribution < 1.29 is 4.42 Å². The van der Waals surface area contributed by atoms with Gasteiger partial charge in [0.1, 0.15) is 5.52 Å². The Kier molecular flexibility index (Phi) is 4.92. The Labute approximate surface area is 171 Å². The molecule has 0 saturated heterocycles. The predicted molar refractivity (Wildman–Crippen MR) is 113 cm³/mol. The van der Waals surface area contributed by atoms with E-state index in [1.54, 1.807) is 24.4 Å². The second kappa shape index (κ2) is 7.35. The SMILES string of the molecule is Cc1ccc2nc(-c3cc(N=Cc4ccc(Cl)c(Cl)c4)ccc3Cl)oc2c1. The summed E-state index contributed by atoms with van der Waals surface area (Å²) in [6.07, 6.45) is 1.71. The fraction of sp³-hybridized carbons (Fsp3) is 0.0476. The van der Waals surface area contributed by atoms with Crippen LogP contribution in [0.1, 0.15) is 11.1 Å².